The standard InChI is InChI=1S/C13H19NO2S/c1-15-13-3-2-10(8-12(13)14)9-17-11-4-6-16-7-5-11/h2-3,8,11H,4-7,9,14H2,1H3. The van der Waals surface area contributed by atoms with Crippen molar-refractivity contribution >= 4 is 17.4 Å². The number of ether oxygens (including phenoxy) is 2. The van der Waals surface area contributed by atoms with E-state index in [9.17, 15) is 0 Å². The molecule has 1 fully saturated rings. The van der Waals surface area contributed by atoms with Crippen molar-refractivity contribution in [3.05, 3.63) is 23.8 Å². The molecule has 4 heteroatoms. The van der Waals surface area contributed by atoms with E-state index in [1.807, 2.05) is 23.9 Å². The van der Waals surface area contributed by atoms with Gasteiger partial charge in [-0.25, -0.2) is 0 Å². The van der Waals surface area contributed by atoms with E-state index in [4.69, 9.17) is 15.2 Å². The molecule has 1 aliphatic heterocycles. The van der Waals surface area contributed by atoms with Crippen molar-refractivity contribution in [3.8, 4) is 5.75 Å². The normalized spacial score (nSPS) is 17.0. The smallest absolute Gasteiger partial charge is 0.141 e. The SMILES string of the molecule is COc1ccc(CSC2CCOCC2)cc1N. The Kier molecular flexibility index (Phi) is 4.57. The summed E-state index contributed by atoms with van der Waals surface area (Å²) in [6.45, 7) is 1.81. The van der Waals surface area contributed by atoms with Crippen LogP contribution in [0.2, 0.25) is 0 Å². The molecule has 0 aliphatic carbocycles. The predicted molar refractivity (Wildman–Crippen MR) is 72.5 cm³/mol. The average Bonchev–Trinajstić information content (AvgIpc) is 2.38. The Balaban J connectivity index is 1.87. The molecule has 1 aromatic rings. The second kappa shape index (κ2) is 6.17. The van der Waals surface area contributed by atoms with Crippen LogP contribution in [0.1, 0.15) is 18.4 Å². The van der Waals surface area contributed by atoms with Gasteiger partial charge in [0.1, 0.15) is 5.75 Å². The van der Waals surface area contributed by atoms with Gasteiger partial charge in [-0.3, -0.25) is 0 Å². The van der Waals surface area contributed by atoms with Crippen LogP contribution in [0.5, 0.6) is 5.75 Å². The lowest BCUT2D eigenvalue weighted by Gasteiger charge is -2.21. The molecule has 1 aliphatic rings. The first-order valence-electron chi connectivity index (χ1n) is 5.91. The molecule has 0 atom stereocenters. The number of hydrogen-bond donors (Lipinski definition) is 1. The molecule has 94 valence electrons. The van der Waals surface area contributed by atoms with Gasteiger partial charge in [0.25, 0.3) is 0 Å². The number of thioether (sulfide) groups is 1. The monoisotopic (exact) mass is 253 g/mol. The lowest BCUT2D eigenvalue weighted by atomic mass is 10.2. The minimum Gasteiger partial charge on any atom is -0.495 e. The van der Waals surface area contributed by atoms with E-state index in [0.717, 1.165) is 48.5 Å². The van der Waals surface area contributed by atoms with Gasteiger partial charge in [0, 0.05) is 24.2 Å². The molecular weight excluding hydrogens is 234 g/mol. The Morgan fingerprint density at radius 3 is 2.82 bits per heavy atom. The highest BCUT2D eigenvalue weighted by molar-refractivity contribution is 7.99. The summed E-state index contributed by atoms with van der Waals surface area (Å²) in [6, 6.07) is 6.03. The molecule has 1 saturated heterocycles. The Morgan fingerprint density at radius 2 is 2.18 bits per heavy atom. The van der Waals surface area contributed by atoms with Crippen LogP contribution in [0, 0.1) is 0 Å². The van der Waals surface area contributed by atoms with Crippen LogP contribution in [0.25, 0.3) is 0 Å². The number of rotatable bonds is 4. The Hall–Kier alpha value is -0.870. The van der Waals surface area contributed by atoms with Crippen molar-refractivity contribution in [1.82, 2.24) is 0 Å². The summed E-state index contributed by atoms with van der Waals surface area (Å²) >= 11 is 2.00. The van der Waals surface area contributed by atoms with Crippen molar-refractivity contribution in [3.63, 3.8) is 0 Å². The van der Waals surface area contributed by atoms with E-state index in [-0.39, 0.29) is 0 Å². The van der Waals surface area contributed by atoms with Gasteiger partial charge in [0.2, 0.25) is 0 Å². The van der Waals surface area contributed by atoms with Gasteiger partial charge in [0.05, 0.1) is 12.8 Å². The fourth-order valence-corrected chi connectivity index (χ4v) is 3.06. The van der Waals surface area contributed by atoms with Gasteiger partial charge in [-0.1, -0.05) is 6.07 Å². The zero-order valence-corrected chi connectivity index (χ0v) is 11.0. The number of methoxy groups -OCH3 is 1. The van der Waals surface area contributed by atoms with Crippen molar-refractivity contribution in [1.29, 1.82) is 0 Å². The molecule has 0 radical (unpaired) electrons. The van der Waals surface area contributed by atoms with Gasteiger partial charge in [0.15, 0.2) is 0 Å². The molecule has 0 bridgehead atoms. The summed E-state index contributed by atoms with van der Waals surface area (Å²) < 4.78 is 10.5. The van der Waals surface area contributed by atoms with Crippen LogP contribution in [0.3, 0.4) is 0 Å². The van der Waals surface area contributed by atoms with Gasteiger partial charge >= 0.3 is 0 Å². The van der Waals surface area contributed by atoms with Crippen LogP contribution >= 0.6 is 11.8 Å². The maximum Gasteiger partial charge on any atom is 0.141 e. The predicted octanol–water partition coefficient (Wildman–Crippen LogP) is 2.69. The van der Waals surface area contributed by atoms with Crippen molar-refractivity contribution in [2.24, 2.45) is 0 Å². The number of anilines is 1. The molecule has 2 N–H and O–H groups in total. The first kappa shape index (κ1) is 12.6. The summed E-state index contributed by atoms with van der Waals surface area (Å²) in [5, 5.41) is 0.729. The molecule has 0 amide bonds. The molecule has 0 aromatic heterocycles. The van der Waals surface area contributed by atoms with E-state index in [1.54, 1.807) is 7.11 Å². The van der Waals surface area contributed by atoms with Crippen molar-refractivity contribution in [2.45, 2.75) is 23.8 Å². The fourth-order valence-electron chi connectivity index (χ4n) is 1.93. The summed E-state index contributed by atoms with van der Waals surface area (Å²) in [4.78, 5) is 0. The van der Waals surface area contributed by atoms with Crippen LogP contribution in [0.4, 0.5) is 5.69 Å². The minimum atomic E-state index is 0.720. The largest absolute Gasteiger partial charge is 0.495 e. The third-order valence-electron chi connectivity index (χ3n) is 2.95. The van der Waals surface area contributed by atoms with Gasteiger partial charge in [-0.05, 0) is 30.5 Å². The molecule has 1 aromatic carbocycles. The van der Waals surface area contributed by atoms with E-state index in [0.29, 0.717) is 0 Å². The second-order valence-corrected chi connectivity index (χ2v) is 5.49. The maximum absolute atomic E-state index is 5.89. The first-order chi connectivity index (χ1) is 8.29. The van der Waals surface area contributed by atoms with Gasteiger partial charge < -0.3 is 15.2 Å². The molecule has 0 unspecified atom stereocenters. The number of benzene rings is 1. The third kappa shape index (κ3) is 3.54. The minimum absolute atomic E-state index is 0.720. The summed E-state index contributed by atoms with van der Waals surface area (Å²) in [5.74, 6) is 1.77. The molecule has 3 nitrogen and oxygen atoms in total. The summed E-state index contributed by atoms with van der Waals surface area (Å²) in [7, 11) is 1.64. The Bertz CT molecular complexity index is 364. The van der Waals surface area contributed by atoms with E-state index in [2.05, 4.69) is 6.07 Å². The van der Waals surface area contributed by atoms with Crippen LogP contribution in [-0.4, -0.2) is 25.6 Å². The molecule has 17 heavy (non-hydrogen) atoms. The summed E-state index contributed by atoms with van der Waals surface area (Å²) in [5.41, 5.74) is 7.87. The van der Waals surface area contributed by atoms with Crippen LogP contribution in [0.15, 0.2) is 18.2 Å². The second-order valence-electron chi connectivity index (χ2n) is 4.20. The van der Waals surface area contributed by atoms with Gasteiger partial charge in [-0.2, -0.15) is 11.8 Å². The molecule has 0 spiro atoms. The van der Waals surface area contributed by atoms with Crippen LogP contribution < -0.4 is 10.5 Å². The number of nitrogens with two attached hydrogens (primary N) is 1. The van der Waals surface area contributed by atoms with E-state index in [1.165, 1.54) is 5.56 Å². The zero-order chi connectivity index (χ0) is 12.1. The highest BCUT2D eigenvalue weighted by atomic mass is 32.2. The average molecular weight is 253 g/mol. The first-order valence-corrected chi connectivity index (χ1v) is 6.96. The molecule has 0 saturated carbocycles. The molecular formula is C13H19NO2S. The highest BCUT2D eigenvalue weighted by Crippen LogP contribution is 2.28. The van der Waals surface area contributed by atoms with Crippen molar-refractivity contribution < 1.29 is 9.47 Å². The maximum atomic E-state index is 5.89. The Labute approximate surface area is 107 Å². The lowest BCUT2D eigenvalue weighted by Crippen LogP contribution is -2.17. The highest BCUT2D eigenvalue weighted by Gasteiger charge is 2.14. The topological polar surface area (TPSA) is 44.5 Å². The zero-order valence-electron chi connectivity index (χ0n) is 10.1. The quantitative estimate of drug-likeness (QED) is 0.838. The number of nitrogen functional groups attached to an aromatic ring is 1. The van der Waals surface area contributed by atoms with Crippen molar-refractivity contribution in [2.75, 3.05) is 26.1 Å². The van der Waals surface area contributed by atoms with E-state index < -0.39 is 0 Å². The Morgan fingerprint density at radius 1 is 1.41 bits per heavy atom. The third-order valence-corrected chi connectivity index (χ3v) is 4.39. The molecule has 2 rings (SSSR count). The lowest BCUT2D eigenvalue weighted by molar-refractivity contribution is 0.1000. The van der Waals surface area contributed by atoms with Gasteiger partial charge in [-0.15, -0.1) is 0 Å². The summed E-state index contributed by atoms with van der Waals surface area (Å²) in [6.07, 6.45) is 2.33. The number of hydrogen-bond acceptors (Lipinski definition) is 4. The van der Waals surface area contributed by atoms with E-state index >= 15 is 0 Å². The molecule has 1 heterocycles. The fraction of sp³-hybridized carbons (Fsp3) is 0.538. The van der Waals surface area contributed by atoms with Crippen LogP contribution in [-0.2, 0) is 10.5 Å².